The summed E-state index contributed by atoms with van der Waals surface area (Å²) in [6.45, 7) is -0.383. The van der Waals surface area contributed by atoms with E-state index >= 15 is 0 Å². The van der Waals surface area contributed by atoms with Gasteiger partial charge in [-0.15, -0.1) is 11.6 Å². The van der Waals surface area contributed by atoms with E-state index in [9.17, 15) is 33.4 Å². The van der Waals surface area contributed by atoms with Crippen molar-refractivity contribution in [3.8, 4) is 28.2 Å². The zero-order chi connectivity index (χ0) is 23.9. The Morgan fingerprint density at radius 2 is 1.79 bits per heavy atom. The number of aromatic hydroxyl groups is 1. The maximum Gasteiger partial charge on any atom is 0.336 e. The van der Waals surface area contributed by atoms with Crippen molar-refractivity contribution in [2.75, 3.05) is 5.88 Å². The number of phenols is 1. The van der Waals surface area contributed by atoms with E-state index in [-0.39, 0.29) is 57.0 Å². The number of carbonyl (C=O) groups is 2. The molecule has 0 radical (unpaired) electrons. The number of carboxylic acids is 1. The van der Waals surface area contributed by atoms with Crippen LogP contribution in [-0.4, -0.2) is 28.0 Å². The van der Waals surface area contributed by atoms with E-state index in [1.54, 1.807) is 6.07 Å². The molecule has 7 nitrogen and oxygen atoms in total. The van der Waals surface area contributed by atoms with E-state index in [0.29, 0.717) is 0 Å². The van der Waals surface area contributed by atoms with Crippen LogP contribution in [0, 0.1) is 11.6 Å². The number of benzene rings is 3. The molecule has 2 aromatic rings. The molecular weight excluding hydrogens is 460 g/mol. The van der Waals surface area contributed by atoms with Crippen molar-refractivity contribution in [2.24, 2.45) is 0 Å². The molecule has 10 heteroatoms. The third kappa shape index (κ3) is 3.87. The van der Waals surface area contributed by atoms with Gasteiger partial charge in [0.15, 0.2) is 17.4 Å². The molecule has 1 aliphatic carbocycles. The van der Waals surface area contributed by atoms with Gasteiger partial charge >= 0.3 is 5.97 Å². The Morgan fingerprint density at radius 3 is 2.48 bits per heavy atom. The van der Waals surface area contributed by atoms with Gasteiger partial charge in [-0.05, 0) is 23.8 Å². The van der Waals surface area contributed by atoms with Gasteiger partial charge in [-0.25, -0.2) is 13.6 Å². The molecule has 0 saturated heterocycles. The number of halogens is 3. The summed E-state index contributed by atoms with van der Waals surface area (Å²) < 4.78 is 34.7. The normalized spacial score (nSPS) is 11.1. The van der Waals surface area contributed by atoms with Crippen LogP contribution in [0.3, 0.4) is 0 Å². The van der Waals surface area contributed by atoms with Gasteiger partial charge in [-0.2, -0.15) is 0 Å². The molecule has 0 aromatic heterocycles. The van der Waals surface area contributed by atoms with Gasteiger partial charge in [0.1, 0.15) is 17.2 Å². The summed E-state index contributed by atoms with van der Waals surface area (Å²) in [6, 6.07) is 8.46. The van der Waals surface area contributed by atoms with Gasteiger partial charge in [0.05, 0.1) is 17.7 Å². The zero-order valence-electron chi connectivity index (χ0n) is 16.6. The van der Waals surface area contributed by atoms with Crippen molar-refractivity contribution in [1.82, 2.24) is 5.32 Å². The highest BCUT2D eigenvalue weighted by Gasteiger charge is 2.26. The highest BCUT2D eigenvalue weighted by atomic mass is 35.5. The van der Waals surface area contributed by atoms with Crippen LogP contribution in [0.15, 0.2) is 51.7 Å². The standard InChI is InChI=1S/C23H14ClF2NO6/c24-8-19(29)27-9-14-21(30)16(26)6-13-20(10-3-1-2-4-11(10)23(31)32)12-5-15(25)17(28)7-18(12)33-22(13)14/h1-7,30H,8-9H2,(H,27,29)(H,31,32). The average Bonchev–Trinajstić information content (AvgIpc) is 2.79. The first-order valence-corrected chi connectivity index (χ1v) is 10.0. The van der Waals surface area contributed by atoms with Crippen LogP contribution in [-0.2, 0) is 11.3 Å². The van der Waals surface area contributed by atoms with E-state index in [2.05, 4.69) is 5.32 Å². The first kappa shape index (κ1) is 22.2. The predicted octanol–water partition coefficient (Wildman–Crippen LogP) is 4.10. The molecule has 0 bridgehead atoms. The summed E-state index contributed by atoms with van der Waals surface area (Å²) in [7, 11) is 0. The molecule has 0 atom stereocenters. The maximum absolute atomic E-state index is 14.7. The number of nitrogens with one attached hydrogen (secondary N) is 1. The summed E-state index contributed by atoms with van der Waals surface area (Å²) in [6.07, 6.45) is 0. The van der Waals surface area contributed by atoms with Crippen molar-refractivity contribution in [1.29, 1.82) is 0 Å². The molecule has 0 unspecified atom stereocenters. The second-order valence-electron chi connectivity index (χ2n) is 7.08. The quantitative estimate of drug-likeness (QED) is 0.297. The second kappa shape index (κ2) is 8.51. The number of fused-ring (bicyclic) bond motifs is 2. The molecule has 2 aliphatic rings. The predicted molar refractivity (Wildman–Crippen MR) is 116 cm³/mol. The maximum atomic E-state index is 14.7. The Kier molecular flexibility index (Phi) is 5.73. The first-order valence-electron chi connectivity index (χ1n) is 9.48. The van der Waals surface area contributed by atoms with E-state index in [0.717, 1.165) is 18.2 Å². The smallest absolute Gasteiger partial charge is 0.336 e. The van der Waals surface area contributed by atoms with E-state index in [1.165, 1.54) is 18.2 Å². The molecule has 1 aliphatic heterocycles. The van der Waals surface area contributed by atoms with Crippen LogP contribution >= 0.6 is 11.6 Å². The van der Waals surface area contributed by atoms with E-state index in [4.69, 9.17) is 16.0 Å². The molecule has 0 fully saturated rings. The van der Waals surface area contributed by atoms with Crippen molar-refractivity contribution < 1.29 is 33.0 Å². The molecule has 1 heterocycles. The fourth-order valence-electron chi connectivity index (χ4n) is 3.62. The number of amides is 1. The summed E-state index contributed by atoms with van der Waals surface area (Å²) in [4.78, 5) is 35.4. The zero-order valence-corrected chi connectivity index (χ0v) is 17.4. The van der Waals surface area contributed by atoms with Gasteiger partial charge in [0, 0.05) is 22.6 Å². The first-order chi connectivity index (χ1) is 15.7. The van der Waals surface area contributed by atoms with E-state index < -0.39 is 34.7 Å². The number of phenolic OH excluding ortho intramolecular Hbond substituents is 1. The van der Waals surface area contributed by atoms with Crippen LogP contribution < -0.4 is 10.7 Å². The number of aromatic carboxylic acids is 1. The Bertz CT molecular complexity index is 1470. The largest absolute Gasteiger partial charge is 0.504 e. The summed E-state index contributed by atoms with van der Waals surface area (Å²) in [5.74, 6) is -5.41. The Morgan fingerprint density at radius 1 is 1.06 bits per heavy atom. The average molecular weight is 474 g/mol. The van der Waals surface area contributed by atoms with Crippen LogP contribution in [0.1, 0.15) is 15.9 Å². The molecule has 0 saturated carbocycles. The minimum Gasteiger partial charge on any atom is -0.504 e. The monoisotopic (exact) mass is 473 g/mol. The number of rotatable bonds is 5. The second-order valence-corrected chi connectivity index (χ2v) is 7.35. The lowest BCUT2D eigenvalue weighted by Gasteiger charge is -2.19. The molecule has 168 valence electrons. The van der Waals surface area contributed by atoms with Crippen LogP contribution in [0.5, 0.6) is 5.75 Å². The van der Waals surface area contributed by atoms with Crippen LogP contribution in [0.2, 0.25) is 0 Å². The van der Waals surface area contributed by atoms with Crippen LogP contribution in [0.4, 0.5) is 8.78 Å². The summed E-state index contributed by atoms with van der Waals surface area (Å²) in [5.41, 5.74) is -1.24. The summed E-state index contributed by atoms with van der Waals surface area (Å²) in [5, 5.41) is 22.4. The molecule has 33 heavy (non-hydrogen) atoms. The highest BCUT2D eigenvalue weighted by Crippen LogP contribution is 2.44. The summed E-state index contributed by atoms with van der Waals surface area (Å²) >= 11 is 5.47. The molecule has 4 rings (SSSR count). The Balaban J connectivity index is 2.18. The van der Waals surface area contributed by atoms with Gasteiger partial charge in [0.25, 0.3) is 0 Å². The fourth-order valence-corrected chi connectivity index (χ4v) is 3.72. The number of hydrogen-bond acceptors (Lipinski definition) is 5. The molecule has 1 amide bonds. The lowest BCUT2D eigenvalue weighted by atomic mass is 9.89. The topological polar surface area (TPSA) is 117 Å². The number of carboxylic acid groups (broad SMARTS) is 1. The van der Waals surface area contributed by atoms with Crippen molar-refractivity contribution in [2.45, 2.75) is 6.54 Å². The molecule has 0 spiro atoms. The molecule has 2 aromatic carbocycles. The lowest BCUT2D eigenvalue weighted by molar-refractivity contribution is -0.118. The van der Waals surface area contributed by atoms with Gasteiger partial charge in [-0.3, -0.25) is 9.59 Å². The third-order valence-electron chi connectivity index (χ3n) is 5.10. The SMILES string of the molecule is O=C(CCl)NCc1c(O)c(F)cc2c(-c3ccccc3C(=O)O)c3cc(F)c(=O)cc-3oc12. The van der Waals surface area contributed by atoms with Crippen molar-refractivity contribution >= 4 is 34.4 Å². The number of alkyl halides is 1. The lowest BCUT2D eigenvalue weighted by Crippen LogP contribution is -2.24. The molecule has 3 N–H and O–H groups in total. The number of hydrogen-bond donors (Lipinski definition) is 3. The Labute approximate surface area is 189 Å². The minimum absolute atomic E-state index is 0.000304. The Hall–Kier alpha value is -3.98. The minimum atomic E-state index is -1.29. The third-order valence-corrected chi connectivity index (χ3v) is 5.34. The van der Waals surface area contributed by atoms with Gasteiger partial charge < -0.3 is 19.9 Å². The number of carbonyl (C=O) groups excluding carboxylic acids is 1. The fraction of sp³-hybridized carbons (Fsp3) is 0.0870. The molecular formula is C23H14ClF2NO6. The van der Waals surface area contributed by atoms with Crippen molar-refractivity contribution in [3.63, 3.8) is 0 Å². The van der Waals surface area contributed by atoms with Gasteiger partial charge in [0.2, 0.25) is 11.3 Å². The van der Waals surface area contributed by atoms with Crippen LogP contribution in [0.25, 0.3) is 33.4 Å². The highest BCUT2D eigenvalue weighted by molar-refractivity contribution is 6.27. The van der Waals surface area contributed by atoms with Gasteiger partial charge in [-0.1, -0.05) is 18.2 Å². The van der Waals surface area contributed by atoms with Crippen molar-refractivity contribution in [3.05, 3.63) is 75.4 Å². The van der Waals surface area contributed by atoms with E-state index in [1.807, 2.05) is 0 Å².